The standard InChI is InChI=1S/C13H28N2O2S/c1-4-12(3)10-15(5-2)18(16,17)11-13-7-6-8-14-9-13/h12-14H,4-11H2,1-3H3. The molecule has 1 saturated heterocycles. The minimum Gasteiger partial charge on any atom is -0.316 e. The first kappa shape index (κ1) is 15.9. The Balaban J connectivity index is 2.58. The van der Waals surface area contributed by atoms with Crippen LogP contribution in [-0.2, 0) is 10.0 Å². The van der Waals surface area contributed by atoms with Gasteiger partial charge in [0.25, 0.3) is 0 Å². The molecule has 2 unspecified atom stereocenters. The number of piperidine rings is 1. The van der Waals surface area contributed by atoms with Crippen molar-refractivity contribution in [1.82, 2.24) is 9.62 Å². The van der Waals surface area contributed by atoms with Crippen LogP contribution in [0.5, 0.6) is 0 Å². The maximum Gasteiger partial charge on any atom is 0.214 e. The van der Waals surface area contributed by atoms with Gasteiger partial charge in [0.15, 0.2) is 0 Å². The van der Waals surface area contributed by atoms with Crippen LogP contribution in [0.3, 0.4) is 0 Å². The van der Waals surface area contributed by atoms with E-state index >= 15 is 0 Å². The molecule has 2 atom stereocenters. The van der Waals surface area contributed by atoms with Crippen LogP contribution in [0.2, 0.25) is 0 Å². The molecule has 0 aromatic heterocycles. The Labute approximate surface area is 112 Å². The van der Waals surface area contributed by atoms with E-state index in [1.54, 1.807) is 4.31 Å². The van der Waals surface area contributed by atoms with Crippen LogP contribution >= 0.6 is 0 Å². The van der Waals surface area contributed by atoms with Gasteiger partial charge in [0.05, 0.1) is 5.75 Å². The molecule has 0 spiro atoms. The molecule has 108 valence electrons. The largest absolute Gasteiger partial charge is 0.316 e. The molecule has 5 heteroatoms. The maximum atomic E-state index is 12.4. The summed E-state index contributed by atoms with van der Waals surface area (Å²) in [6.07, 6.45) is 3.15. The third kappa shape index (κ3) is 4.86. The highest BCUT2D eigenvalue weighted by atomic mass is 32.2. The Morgan fingerprint density at radius 2 is 2.11 bits per heavy atom. The molecule has 0 amide bonds. The molecule has 1 aliphatic heterocycles. The normalized spacial score (nSPS) is 23.2. The van der Waals surface area contributed by atoms with Crippen LogP contribution < -0.4 is 5.32 Å². The van der Waals surface area contributed by atoms with E-state index in [2.05, 4.69) is 19.2 Å². The Kier molecular flexibility index (Phi) is 6.60. The second-order valence-electron chi connectivity index (χ2n) is 5.45. The van der Waals surface area contributed by atoms with E-state index in [-0.39, 0.29) is 5.92 Å². The molecular weight excluding hydrogens is 248 g/mol. The lowest BCUT2D eigenvalue weighted by Crippen LogP contribution is -2.41. The Morgan fingerprint density at radius 3 is 2.61 bits per heavy atom. The molecule has 0 aromatic rings. The fraction of sp³-hybridized carbons (Fsp3) is 1.00. The van der Waals surface area contributed by atoms with Gasteiger partial charge in [-0.15, -0.1) is 0 Å². The van der Waals surface area contributed by atoms with Gasteiger partial charge in [-0.25, -0.2) is 12.7 Å². The average molecular weight is 276 g/mol. The van der Waals surface area contributed by atoms with Crippen molar-refractivity contribution in [1.29, 1.82) is 0 Å². The average Bonchev–Trinajstić information content (AvgIpc) is 2.36. The van der Waals surface area contributed by atoms with Crippen molar-refractivity contribution < 1.29 is 8.42 Å². The molecule has 1 fully saturated rings. The molecule has 0 bridgehead atoms. The van der Waals surface area contributed by atoms with E-state index in [4.69, 9.17) is 0 Å². The van der Waals surface area contributed by atoms with Gasteiger partial charge in [0, 0.05) is 13.1 Å². The molecule has 1 heterocycles. The zero-order chi connectivity index (χ0) is 13.6. The number of hydrogen-bond acceptors (Lipinski definition) is 3. The molecule has 4 nitrogen and oxygen atoms in total. The third-order valence-corrected chi connectivity index (χ3v) is 5.89. The summed E-state index contributed by atoms with van der Waals surface area (Å²) in [6, 6.07) is 0. The van der Waals surface area contributed by atoms with Crippen molar-refractivity contribution in [2.24, 2.45) is 11.8 Å². The highest BCUT2D eigenvalue weighted by Crippen LogP contribution is 2.16. The quantitative estimate of drug-likeness (QED) is 0.770. The zero-order valence-corrected chi connectivity index (χ0v) is 12.8. The van der Waals surface area contributed by atoms with Crippen molar-refractivity contribution in [2.45, 2.75) is 40.0 Å². The first-order valence-corrected chi connectivity index (χ1v) is 8.79. The number of rotatable bonds is 7. The molecule has 1 N–H and O–H groups in total. The predicted molar refractivity (Wildman–Crippen MR) is 76.1 cm³/mol. The summed E-state index contributed by atoms with van der Waals surface area (Å²) in [5.74, 6) is 1.03. The highest BCUT2D eigenvalue weighted by Gasteiger charge is 2.26. The Bertz CT molecular complexity index is 324. The third-order valence-electron chi connectivity index (χ3n) is 3.80. The van der Waals surface area contributed by atoms with Gasteiger partial charge < -0.3 is 5.32 Å². The van der Waals surface area contributed by atoms with Gasteiger partial charge in [0.2, 0.25) is 10.0 Å². The van der Waals surface area contributed by atoms with Crippen molar-refractivity contribution in [3.05, 3.63) is 0 Å². The van der Waals surface area contributed by atoms with Crippen LogP contribution in [0.15, 0.2) is 0 Å². The second-order valence-corrected chi connectivity index (χ2v) is 7.47. The summed E-state index contributed by atoms with van der Waals surface area (Å²) in [6.45, 7) is 9.28. The fourth-order valence-electron chi connectivity index (χ4n) is 2.39. The monoisotopic (exact) mass is 276 g/mol. The van der Waals surface area contributed by atoms with E-state index in [0.29, 0.717) is 24.8 Å². The summed E-state index contributed by atoms with van der Waals surface area (Å²) in [4.78, 5) is 0. The van der Waals surface area contributed by atoms with E-state index in [1.807, 2.05) is 6.92 Å². The minimum absolute atomic E-state index is 0.287. The summed E-state index contributed by atoms with van der Waals surface area (Å²) in [5.41, 5.74) is 0. The second kappa shape index (κ2) is 7.46. The van der Waals surface area contributed by atoms with Gasteiger partial charge >= 0.3 is 0 Å². The van der Waals surface area contributed by atoms with Gasteiger partial charge in [-0.2, -0.15) is 0 Å². The van der Waals surface area contributed by atoms with E-state index in [9.17, 15) is 8.42 Å². The number of sulfonamides is 1. The lowest BCUT2D eigenvalue weighted by molar-refractivity contribution is 0.349. The van der Waals surface area contributed by atoms with Crippen LogP contribution in [-0.4, -0.2) is 44.7 Å². The van der Waals surface area contributed by atoms with Crippen molar-refractivity contribution in [3.8, 4) is 0 Å². The molecule has 0 aromatic carbocycles. The van der Waals surface area contributed by atoms with E-state index in [0.717, 1.165) is 32.4 Å². The Morgan fingerprint density at radius 1 is 1.39 bits per heavy atom. The van der Waals surface area contributed by atoms with Gasteiger partial charge in [-0.05, 0) is 37.8 Å². The molecule has 18 heavy (non-hydrogen) atoms. The van der Waals surface area contributed by atoms with Crippen LogP contribution in [0.25, 0.3) is 0 Å². The van der Waals surface area contributed by atoms with Crippen molar-refractivity contribution in [2.75, 3.05) is 31.9 Å². The molecule has 1 aliphatic rings. The molecule has 0 saturated carbocycles. The minimum atomic E-state index is -3.08. The van der Waals surface area contributed by atoms with Crippen LogP contribution in [0.1, 0.15) is 40.0 Å². The van der Waals surface area contributed by atoms with Crippen LogP contribution in [0.4, 0.5) is 0 Å². The molecule has 0 aliphatic carbocycles. The smallest absolute Gasteiger partial charge is 0.214 e. The topological polar surface area (TPSA) is 49.4 Å². The predicted octanol–water partition coefficient (Wildman–Crippen LogP) is 1.68. The highest BCUT2D eigenvalue weighted by molar-refractivity contribution is 7.89. The number of nitrogens with one attached hydrogen (secondary N) is 1. The first-order valence-electron chi connectivity index (χ1n) is 7.18. The molecule has 1 rings (SSSR count). The summed E-state index contributed by atoms with van der Waals surface area (Å²) in [5, 5.41) is 3.28. The van der Waals surface area contributed by atoms with Crippen molar-refractivity contribution in [3.63, 3.8) is 0 Å². The van der Waals surface area contributed by atoms with E-state index in [1.165, 1.54) is 0 Å². The van der Waals surface area contributed by atoms with E-state index < -0.39 is 10.0 Å². The van der Waals surface area contributed by atoms with Gasteiger partial charge in [-0.1, -0.05) is 27.2 Å². The summed E-state index contributed by atoms with van der Waals surface area (Å²) < 4.78 is 26.4. The van der Waals surface area contributed by atoms with Gasteiger partial charge in [0.1, 0.15) is 0 Å². The Hall–Kier alpha value is -0.130. The lowest BCUT2D eigenvalue weighted by atomic mass is 10.0. The summed E-state index contributed by atoms with van der Waals surface area (Å²) >= 11 is 0. The fourth-order valence-corrected chi connectivity index (χ4v) is 4.35. The first-order chi connectivity index (χ1) is 8.49. The summed E-state index contributed by atoms with van der Waals surface area (Å²) in [7, 11) is -3.08. The zero-order valence-electron chi connectivity index (χ0n) is 12.0. The van der Waals surface area contributed by atoms with Gasteiger partial charge in [-0.3, -0.25) is 0 Å². The lowest BCUT2D eigenvalue weighted by Gasteiger charge is -2.28. The van der Waals surface area contributed by atoms with Crippen molar-refractivity contribution >= 4 is 10.0 Å². The SMILES string of the molecule is CCC(C)CN(CC)S(=O)(=O)CC1CCCNC1. The number of nitrogens with zero attached hydrogens (tertiary/aromatic N) is 1. The maximum absolute atomic E-state index is 12.4. The molecular formula is C13H28N2O2S. The number of hydrogen-bond donors (Lipinski definition) is 1. The van der Waals surface area contributed by atoms with Crippen LogP contribution in [0, 0.1) is 11.8 Å². The molecule has 0 radical (unpaired) electrons.